The smallest absolute Gasteiger partial charge is 0.167 e. The van der Waals surface area contributed by atoms with Crippen molar-refractivity contribution in [1.82, 2.24) is 19.5 Å². The summed E-state index contributed by atoms with van der Waals surface area (Å²) in [6.07, 6.45) is 4.98. The van der Waals surface area contributed by atoms with Crippen molar-refractivity contribution >= 4 is 23.1 Å². The third kappa shape index (κ3) is 4.26. The van der Waals surface area contributed by atoms with Crippen molar-refractivity contribution in [3.63, 3.8) is 0 Å². The molecule has 8 nitrogen and oxygen atoms in total. The van der Waals surface area contributed by atoms with Gasteiger partial charge in [0.05, 0.1) is 6.33 Å². The molecule has 0 saturated carbocycles. The maximum atomic E-state index is 14.2. The lowest BCUT2D eigenvalue weighted by Crippen LogP contribution is -2.28. The second-order valence-electron chi connectivity index (χ2n) is 9.32. The molecule has 4 atom stereocenters. The van der Waals surface area contributed by atoms with E-state index in [9.17, 15) is 4.39 Å². The van der Waals surface area contributed by atoms with E-state index >= 15 is 0 Å². The minimum Gasteiger partial charge on any atom is -0.364 e. The SMILES string of the molecule is CC1(C)OC2C(C=Cc3ccccc3F)OC(n3cnc4c(NCc5ccccc5)ncnc43)C2O1. The van der Waals surface area contributed by atoms with Crippen LogP contribution in [0, 0.1) is 5.82 Å². The second kappa shape index (κ2) is 9.09. The molecule has 2 aromatic carbocycles. The minimum absolute atomic E-state index is 0.295. The number of anilines is 1. The van der Waals surface area contributed by atoms with E-state index in [1.54, 1.807) is 30.6 Å². The number of aromatic nitrogens is 4. The highest BCUT2D eigenvalue weighted by molar-refractivity contribution is 5.82. The molecule has 2 aliphatic rings. The molecular weight excluding hydrogens is 461 g/mol. The van der Waals surface area contributed by atoms with Gasteiger partial charge in [0, 0.05) is 12.1 Å². The van der Waals surface area contributed by atoms with Gasteiger partial charge in [0.2, 0.25) is 0 Å². The fourth-order valence-corrected chi connectivity index (χ4v) is 4.74. The van der Waals surface area contributed by atoms with Crippen molar-refractivity contribution in [1.29, 1.82) is 0 Å². The molecule has 36 heavy (non-hydrogen) atoms. The van der Waals surface area contributed by atoms with Gasteiger partial charge in [-0.05, 0) is 25.5 Å². The lowest BCUT2D eigenvalue weighted by molar-refractivity contribution is -0.191. The fraction of sp³-hybridized carbons (Fsp3) is 0.296. The summed E-state index contributed by atoms with van der Waals surface area (Å²) in [7, 11) is 0. The molecule has 0 bridgehead atoms. The van der Waals surface area contributed by atoms with Gasteiger partial charge in [-0.2, -0.15) is 0 Å². The number of rotatable bonds is 6. The second-order valence-corrected chi connectivity index (χ2v) is 9.32. The van der Waals surface area contributed by atoms with Gasteiger partial charge >= 0.3 is 0 Å². The highest BCUT2D eigenvalue weighted by Gasteiger charge is 2.55. The molecule has 6 rings (SSSR count). The highest BCUT2D eigenvalue weighted by Crippen LogP contribution is 2.44. The summed E-state index contributed by atoms with van der Waals surface area (Å²) in [6, 6.07) is 16.7. The Morgan fingerprint density at radius 1 is 1.00 bits per heavy atom. The third-order valence-corrected chi connectivity index (χ3v) is 6.37. The number of fused-ring (bicyclic) bond motifs is 2. The van der Waals surface area contributed by atoms with Gasteiger partial charge in [-0.3, -0.25) is 4.57 Å². The van der Waals surface area contributed by atoms with Crippen LogP contribution in [0.1, 0.15) is 31.2 Å². The van der Waals surface area contributed by atoms with E-state index in [1.807, 2.05) is 54.8 Å². The lowest BCUT2D eigenvalue weighted by Gasteiger charge is -2.24. The number of imidazole rings is 1. The summed E-state index contributed by atoms with van der Waals surface area (Å²) < 4.78 is 34.8. The maximum Gasteiger partial charge on any atom is 0.167 e. The van der Waals surface area contributed by atoms with E-state index in [1.165, 1.54) is 12.4 Å². The Morgan fingerprint density at radius 3 is 2.61 bits per heavy atom. The van der Waals surface area contributed by atoms with Crippen LogP contribution in [0.15, 0.2) is 73.3 Å². The average molecular weight is 488 g/mol. The molecule has 9 heteroatoms. The number of nitrogens with one attached hydrogen (secondary N) is 1. The van der Waals surface area contributed by atoms with Gasteiger partial charge in [0.15, 0.2) is 29.0 Å². The molecule has 4 aromatic rings. The van der Waals surface area contributed by atoms with Crippen LogP contribution in [0.25, 0.3) is 17.2 Å². The summed E-state index contributed by atoms with van der Waals surface area (Å²) in [5, 5.41) is 3.35. The zero-order chi connectivity index (χ0) is 24.7. The van der Waals surface area contributed by atoms with Gasteiger partial charge in [0.1, 0.15) is 30.5 Å². The monoisotopic (exact) mass is 487 g/mol. The molecule has 2 aromatic heterocycles. The first kappa shape index (κ1) is 22.8. The van der Waals surface area contributed by atoms with Crippen molar-refractivity contribution in [2.45, 2.75) is 50.7 Å². The van der Waals surface area contributed by atoms with E-state index in [4.69, 9.17) is 14.2 Å². The van der Waals surface area contributed by atoms with Crippen LogP contribution in [0.3, 0.4) is 0 Å². The van der Waals surface area contributed by atoms with Gasteiger partial charge < -0.3 is 19.5 Å². The summed E-state index contributed by atoms with van der Waals surface area (Å²) in [5.41, 5.74) is 2.87. The van der Waals surface area contributed by atoms with Crippen LogP contribution in [-0.4, -0.2) is 43.6 Å². The Morgan fingerprint density at radius 2 is 1.78 bits per heavy atom. The van der Waals surface area contributed by atoms with Crippen LogP contribution in [0.5, 0.6) is 0 Å². The Labute approximate surface area is 207 Å². The van der Waals surface area contributed by atoms with Gasteiger partial charge in [-0.15, -0.1) is 0 Å². The van der Waals surface area contributed by atoms with Gasteiger partial charge in [-0.25, -0.2) is 19.3 Å². The number of ether oxygens (including phenoxy) is 3. The molecule has 0 amide bonds. The molecule has 2 fully saturated rings. The first-order valence-corrected chi connectivity index (χ1v) is 11.9. The predicted octanol–water partition coefficient (Wildman–Crippen LogP) is 4.71. The Kier molecular flexibility index (Phi) is 5.75. The quantitative estimate of drug-likeness (QED) is 0.422. The molecule has 184 valence electrons. The topological polar surface area (TPSA) is 83.3 Å². The molecular formula is C27H26FN5O3. The Balaban J connectivity index is 1.29. The van der Waals surface area contributed by atoms with Crippen LogP contribution < -0.4 is 5.32 Å². The van der Waals surface area contributed by atoms with Crippen LogP contribution >= 0.6 is 0 Å². The summed E-state index contributed by atoms with van der Waals surface area (Å²) >= 11 is 0. The standard InChI is InChI=1S/C27H26FN5O3/c1-27(2)35-22-20(13-12-18-10-6-7-11-19(18)28)34-26(23(22)36-27)33-16-32-21-24(30-15-31-25(21)33)29-14-17-8-4-3-5-9-17/h3-13,15-16,20,22-23,26H,14H2,1-2H3,(H,29,30,31). The number of halogens is 1. The molecule has 4 unspecified atom stereocenters. The normalized spacial score (nSPS) is 25.0. The number of nitrogens with zero attached hydrogens (tertiary/aromatic N) is 4. The molecule has 4 heterocycles. The summed E-state index contributed by atoms with van der Waals surface area (Å²) in [6.45, 7) is 4.36. The number of benzene rings is 2. The van der Waals surface area contributed by atoms with E-state index in [0.717, 1.165) is 5.56 Å². The van der Waals surface area contributed by atoms with Crippen LogP contribution in [-0.2, 0) is 20.8 Å². The van der Waals surface area contributed by atoms with E-state index in [-0.39, 0.29) is 11.9 Å². The summed E-state index contributed by atoms with van der Waals surface area (Å²) in [4.78, 5) is 13.5. The van der Waals surface area contributed by atoms with Gasteiger partial charge in [0.25, 0.3) is 0 Å². The van der Waals surface area contributed by atoms with Crippen molar-refractivity contribution in [3.8, 4) is 0 Å². The molecule has 1 N–H and O–H groups in total. The molecule has 2 aliphatic heterocycles. The van der Waals surface area contributed by atoms with E-state index in [2.05, 4.69) is 20.3 Å². The van der Waals surface area contributed by atoms with Crippen LogP contribution in [0.4, 0.5) is 10.2 Å². The maximum absolute atomic E-state index is 14.2. The van der Waals surface area contributed by atoms with Crippen molar-refractivity contribution in [3.05, 3.63) is 90.3 Å². The van der Waals surface area contributed by atoms with Crippen LogP contribution in [0.2, 0.25) is 0 Å². The molecule has 0 spiro atoms. The molecule has 0 aliphatic carbocycles. The highest BCUT2D eigenvalue weighted by atomic mass is 19.1. The zero-order valence-electron chi connectivity index (χ0n) is 19.9. The third-order valence-electron chi connectivity index (χ3n) is 6.37. The lowest BCUT2D eigenvalue weighted by atomic mass is 10.1. The fourth-order valence-electron chi connectivity index (χ4n) is 4.74. The zero-order valence-corrected chi connectivity index (χ0v) is 19.9. The molecule has 2 saturated heterocycles. The van der Waals surface area contributed by atoms with Gasteiger partial charge in [-0.1, -0.05) is 60.7 Å². The Hall–Kier alpha value is -3.66. The van der Waals surface area contributed by atoms with Crippen molar-refractivity contribution in [2.24, 2.45) is 0 Å². The molecule has 0 radical (unpaired) electrons. The van der Waals surface area contributed by atoms with Crippen molar-refractivity contribution in [2.75, 3.05) is 5.32 Å². The average Bonchev–Trinajstić information content (AvgIpc) is 3.54. The first-order valence-electron chi connectivity index (χ1n) is 11.9. The predicted molar refractivity (Wildman–Crippen MR) is 132 cm³/mol. The van der Waals surface area contributed by atoms with Crippen molar-refractivity contribution < 1.29 is 18.6 Å². The number of hydrogen-bond donors (Lipinski definition) is 1. The van der Waals surface area contributed by atoms with E-state index in [0.29, 0.717) is 29.1 Å². The summed E-state index contributed by atoms with van der Waals surface area (Å²) in [5.74, 6) is -0.441. The minimum atomic E-state index is -0.783. The Bertz CT molecular complexity index is 1410. The largest absolute Gasteiger partial charge is 0.364 e. The number of hydrogen-bond acceptors (Lipinski definition) is 7. The first-order chi connectivity index (χ1) is 17.5. The van der Waals surface area contributed by atoms with E-state index < -0.39 is 24.2 Å².